The fourth-order valence-electron chi connectivity index (χ4n) is 4.44. The Bertz CT molecular complexity index is 1040. The van der Waals surface area contributed by atoms with Crippen molar-refractivity contribution in [1.82, 2.24) is 34.3 Å². The van der Waals surface area contributed by atoms with Gasteiger partial charge in [-0.05, 0) is 33.1 Å². The number of aryl methyl sites for hydroxylation is 2. The number of alkyl halides is 3. The Hall–Kier alpha value is -2.76. The number of fused-ring (bicyclic) bond motifs is 1. The number of piperidine rings is 1. The number of hydrogen-bond acceptors (Lipinski definition) is 6. The van der Waals surface area contributed by atoms with E-state index in [4.69, 9.17) is 0 Å². The predicted octanol–water partition coefficient (Wildman–Crippen LogP) is 1.46. The van der Waals surface area contributed by atoms with Crippen LogP contribution in [-0.4, -0.2) is 91.9 Å². The number of hydrogen-bond donors (Lipinski definition) is 0. The van der Waals surface area contributed by atoms with Gasteiger partial charge in [0.15, 0.2) is 0 Å². The number of carbonyl (C=O) groups is 2. The lowest BCUT2D eigenvalue weighted by atomic mass is 10.1. The van der Waals surface area contributed by atoms with Crippen LogP contribution in [0.5, 0.6) is 0 Å². The van der Waals surface area contributed by atoms with Gasteiger partial charge in [-0.25, -0.2) is 9.50 Å². The van der Waals surface area contributed by atoms with Crippen LogP contribution in [0.15, 0.2) is 0 Å². The molecule has 9 nitrogen and oxygen atoms in total. The highest BCUT2D eigenvalue weighted by atomic mass is 19.4. The Morgan fingerprint density at radius 2 is 1.52 bits per heavy atom. The molecule has 2 aromatic rings. The number of nitrogens with zero attached hydrogens (tertiary/aromatic N) is 7. The maximum Gasteiger partial charge on any atom is 0.453 e. The lowest BCUT2D eigenvalue weighted by Gasteiger charge is -2.36. The average molecular weight is 467 g/mol. The van der Waals surface area contributed by atoms with Gasteiger partial charge >= 0.3 is 6.18 Å². The molecule has 2 aromatic heterocycles. The molecule has 4 heterocycles. The molecule has 2 amide bonds. The van der Waals surface area contributed by atoms with Crippen molar-refractivity contribution in [3.63, 3.8) is 0 Å². The summed E-state index contributed by atoms with van der Waals surface area (Å²) in [7, 11) is 0. The van der Waals surface area contributed by atoms with Crippen molar-refractivity contribution in [3.8, 4) is 0 Å². The first-order valence-electron chi connectivity index (χ1n) is 11.2. The molecule has 0 saturated carbocycles. The summed E-state index contributed by atoms with van der Waals surface area (Å²) in [6, 6.07) is 0. The average Bonchev–Trinajstić information content (AvgIpc) is 3.22. The Kier molecular flexibility index (Phi) is 6.55. The van der Waals surface area contributed by atoms with E-state index in [1.807, 2.05) is 4.90 Å². The Morgan fingerprint density at radius 3 is 2.15 bits per heavy atom. The van der Waals surface area contributed by atoms with Gasteiger partial charge in [0, 0.05) is 56.2 Å². The van der Waals surface area contributed by atoms with Crippen LogP contribution in [0.1, 0.15) is 42.0 Å². The second kappa shape index (κ2) is 9.24. The van der Waals surface area contributed by atoms with Crippen LogP contribution < -0.4 is 0 Å². The first kappa shape index (κ1) is 23.4. The monoisotopic (exact) mass is 467 g/mol. The lowest BCUT2D eigenvalue weighted by molar-refractivity contribution is -0.144. The first-order chi connectivity index (χ1) is 15.6. The van der Waals surface area contributed by atoms with Gasteiger partial charge in [0.1, 0.15) is 0 Å². The third kappa shape index (κ3) is 5.10. The van der Waals surface area contributed by atoms with Gasteiger partial charge in [0.05, 0.1) is 13.0 Å². The second-order valence-electron chi connectivity index (χ2n) is 8.68. The van der Waals surface area contributed by atoms with Crippen molar-refractivity contribution in [1.29, 1.82) is 0 Å². The van der Waals surface area contributed by atoms with Crippen LogP contribution >= 0.6 is 0 Å². The molecule has 180 valence electrons. The summed E-state index contributed by atoms with van der Waals surface area (Å²) in [4.78, 5) is 38.7. The van der Waals surface area contributed by atoms with E-state index in [1.165, 1.54) is 6.42 Å². The third-order valence-corrected chi connectivity index (χ3v) is 6.42. The number of amides is 2. The van der Waals surface area contributed by atoms with Gasteiger partial charge in [-0.15, -0.1) is 5.10 Å². The first-order valence-corrected chi connectivity index (χ1v) is 11.2. The summed E-state index contributed by atoms with van der Waals surface area (Å²) < 4.78 is 40.0. The van der Waals surface area contributed by atoms with E-state index >= 15 is 0 Å². The maximum atomic E-state index is 13.0. The summed E-state index contributed by atoms with van der Waals surface area (Å²) in [5.41, 5.74) is 1.42. The van der Waals surface area contributed by atoms with Gasteiger partial charge in [0.2, 0.25) is 11.8 Å². The van der Waals surface area contributed by atoms with Crippen LogP contribution in [0.3, 0.4) is 0 Å². The van der Waals surface area contributed by atoms with E-state index in [-0.39, 0.29) is 24.0 Å². The molecule has 12 heteroatoms. The highest BCUT2D eigenvalue weighted by Crippen LogP contribution is 2.27. The van der Waals surface area contributed by atoms with Crippen molar-refractivity contribution in [2.45, 2.75) is 45.7 Å². The Morgan fingerprint density at radius 1 is 0.879 bits per heavy atom. The number of likely N-dealkylation sites (tertiary alicyclic amines) is 1. The van der Waals surface area contributed by atoms with Gasteiger partial charge in [-0.3, -0.25) is 14.5 Å². The second-order valence-corrected chi connectivity index (χ2v) is 8.68. The van der Waals surface area contributed by atoms with Crippen molar-refractivity contribution < 1.29 is 22.8 Å². The van der Waals surface area contributed by atoms with Crippen molar-refractivity contribution in [2.24, 2.45) is 0 Å². The number of carbonyl (C=O) groups excluding carboxylic acids is 2. The molecule has 2 aliphatic heterocycles. The van der Waals surface area contributed by atoms with Crippen molar-refractivity contribution in [3.05, 3.63) is 22.8 Å². The van der Waals surface area contributed by atoms with Crippen molar-refractivity contribution in [2.75, 3.05) is 45.8 Å². The quantitative estimate of drug-likeness (QED) is 0.677. The molecule has 0 radical (unpaired) electrons. The highest BCUT2D eigenvalue weighted by molar-refractivity contribution is 5.80. The van der Waals surface area contributed by atoms with Crippen molar-refractivity contribution >= 4 is 17.6 Å². The zero-order valence-corrected chi connectivity index (χ0v) is 18.9. The third-order valence-electron chi connectivity index (χ3n) is 6.42. The van der Waals surface area contributed by atoms with Crippen LogP contribution in [0.4, 0.5) is 13.2 Å². The highest BCUT2D eigenvalue weighted by Gasteiger charge is 2.37. The Labute approximate surface area is 189 Å². The fourth-order valence-corrected chi connectivity index (χ4v) is 4.44. The van der Waals surface area contributed by atoms with E-state index in [2.05, 4.69) is 20.0 Å². The van der Waals surface area contributed by atoms with E-state index < -0.39 is 12.0 Å². The standard InChI is InChI=1S/C21H28F3N7O2/c1-14-16(15(2)31-20(25-14)26-19(27-31)21(22,23)24)12-17(32)30-10-8-28(9-11-30)13-18(33)29-6-4-3-5-7-29/h3-13H2,1-2H3. The van der Waals surface area contributed by atoms with E-state index in [1.54, 1.807) is 18.7 Å². The van der Waals surface area contributed by atoms with Gasteiger partial charge in [-0.2, -0.15) is 18.2 Å². The molecule has 4 rings (SSSR count). The molecule has 0 spiro atoms. The molecule has 2 saturated heterocycles. The molecule has 0 atom stereocenters. The topological polar surface area (TPSA) is 86.9 Å². The van der Waals surface area contributed by atoms with Gasteiger partial charge < -0.3 is 9.80 Å². The molecule has 2 aliphatic rings. The van der Waals surface area contributed by atoms with Gasteiger partial charge in [-0.1, -0.05) is 0 Å². The van der Waals surface area contributed by atoms with Crippen LogP contribution in [-0.2, 0) is 22.2 Å². The number of piperazine rings is 1. The smallest absolute Gasteiger partial charge is 0.342 e. The number of aromatic nitrogens is 4. The molecular formula is C21H28F3N7O2. The SMILES string of the molecule is Cc1nc2nc(C(F)(F)F)nn2c(C)c1CC(=O)N1CCN(CC(=O)N2CCCCC2)CC1. The van der Waals surface area contributed by atoms with Crippen LogP contribution in [0.2, 0.25) is 0 Å². The summed E-state index contributed by atoms with van der Waals surface area (Å²) in [6.07, 6.45) is -1.36. The minimum absolute atomic E-state index is 0.0223. The molecule has 0 aromatic carbocycles. The predicted molar refractivity (Wildman–Crippen MR) is 112 cm³/mol. The molecule has 0 aliphatic carbocycles. The maximum absolute atomic E-state index is 13.0. The zero-order chi connectivity index (χ0) is 23.8. The molecular weight excluding hydrogens is 439 g/mol. The fraction of sp³-hybridized carbons (Fsp3) is 0.667. The minimum atomic E-state index is -4.67. The molecule has 2 fully saturated rings. The normalized spacial score (nSPS) is 18.2. The zero-order valence-electron chi connectivity index (χ0n) is 18.9. The minimum Gasteiger partial charge on any atom is -0.342 e. The summed E-state index contributed by atoms with van der Waals surface area (Å²) in [5, 5.41) is 3.53. The lowest BCUT2D eigenvalue weighted by Crippen LogP contribution is -2.52. The largest absolute Gasteiger partial charge is 0.453 e. The molecule has 0 bridgehead atoms. The van der Waals surface area contributed by atoms with Crippen LogP contribution in [0.25, 0.3) is 5.78 Å². The number of halogens is 3. The van der Waals surface area contributed by atoms with E-state index in [0.29, 0.717) is 49.7 Å². The van der Waals surface area contributed by atoms with E-state index in [0.717, 1.165) is 30.4 Å². The molecule has 0 N–H and O–H groups in total. The Balaban J connectivity index is 1.37. The molecule has 0 unspecified atom stereocenters. The summed E-state index contributed by atoms with van der Waals surface area (Å²) >= 11 is 0. The number of rotatable bonds is 4. The summed E-state index contributed by atoms with van der Waals surface area (Å²) in [5.74, 6) is -1.37. The summed E-state index contributed by atoms with van der Waals surface area (Å²) in [6.45, 7) is 7.51. The van der Waals surface area contributed by atoms with Gasteiger partial charge in [0.25, 0.3) is 11.6 Å². The van der Waals surface area contributed by atoms with E-state index in [9.17, 15) is 22.8 Å². The van der Waals surface area contributed by atoms with Crippen LogP contribution in [0, 0.1) is 13.8 Å². The molecule has 33 heavy (non-hydrogen) atoms.